The number of piperazine rings is 1. The largest absolute Gasteiger partial charge is 0.304 e. The molecule has 0 spiro atoms. The fourth-order valence-corrected chi connectivity index (χ4v) is 2.44. The van der Waals surface area contributed by atoms with E-state index in [0.29, 0.717) is 0 Å². The van der Waals surface area contributed by atoms with Gasteiger partial charge in [-0.05, 0) is 24.6 Å². The molecule has 17 heavy (non-hydrogen) atoms. The van der Waals surface area contributed by atoms with Gasteiger partial charge in [0.1, 0.15) is 0 Å². The maximum absolute atomic E-state index is 2.56. The molecule has 0 atom stereocenters. The highest BCUT2D eigenvalue weighted by Crippen LogP contribution is 2.11. The van der Waals surface area contributed by atoms with Crippen molar-refractivity contribution >= 4 is 0 Å². The fraction of sp³-hybridized carbons (Fsp3) is 0.600. The van der Waals surface area contributed by atoms with Gasteiger partial charge in [0.2, 0.25) is 0 Å². The van der Waals surface area contributed by atoms with Crippen LogP contribution in [-0.4, -0.2) is 43.0 Å². The lowest BCUT2D eigenvalue weighted by Gasteiger charge is -2.32. The van der Waals surface area contributed by atoms with E-state index in [1.54, 1.807) is 0 Å². The lowest BCUT2D eigenvalue weighted by atomic mass is 10.1. The van der Waals surface area contributed by atoms with Crippen molar-refractivity contribution in [1.29, 1.82) is 0 Å². The molecule has 1 aliphatic rings. The molecular weight excluding hydrogens is 208 g/mol. The van der Waals surface area contributed by atoms with Crippen molar-refractivity contribution in [3.63, 3.8) is 0 Å². The average Bonchev–Trinajstić information content (AvgIpc) is 2.33. The van der Waals surface area contributed by atoms with E-state index in [1.165, 1.54) is 50.1 Å². The van der Waals surface area contributed by atoms with Crippen molar-refractivity contribution < 1.29 is 0 Å². The van der Waals surface area contributed by atoms with Gasteiger partial charge in [-0.2, -0.15) is 0 Å². The van der Waals surface area contributed by atoms with Crippen LogP contribution in [0.4, 0.5) is 0 Å². The van der Waals surface area contributed by atoms with Crippen LogP contribution < -0.4 is 0 Å². The van der Waals surface area contributed by atoms with Crippen LogP contribution in [0.5, 0.6) is 0 Å². The summed E-state index contributed by atoms with van der Waals surface area (Å²) in [4.78, 5) is 4.97. The Balaban J connectivity index is 1.91. The molecule has 0 unspecified atom stereocenters. The first-order valence-corrected chi connectivity index (χ1v) is 6.76. The Morgan fingerprint density at radius 1 is 1.06 bits per heavy atom. The quantitative estimate of drug-likeness (QED) is 0.786. The predicted octanol–water partition coefficient (Wildman–Crippen LogP) is 2.39. The van der Waals surface area contributed by atoms with Gasteiger partial charge in [0.25, 0.3) is 0 Å². The summed E-state index contributed by atoms with van der Waals surface area (Å²) >= 11 is 0. The molecular formula is C15H24N2. The van der Waals surface area contributed by atoms with Gasteiger partial charge >= 0.3 is 0 Å². The lowest BCUT2D eigenvalue weighted by molar-refractivity contribution is 0.148. The van der Waals surface area contributed by atoms with Gasteiger partial charge in [0.15, 0.2) is 0 Å². The van der Waals surface area contributed by atoms with Crippen molar-refractivity contribution in [3.8, 4) is 0 Å². The number of rotatable bonds is 4. The molecule has 1 heterocycles. The molecule has 2 heteroatoms. The highest BCUT2D eigenvalue weighted by molar-refractivity contribution is 5.23. The number of likely N-dealkylation sites (N-methyl/N-ethyl adjacent to an activating group) is 1. The minimum absolute atomic E-state index is 1.12. The van der Waals surface area contributed by atoms with E-state index >= 15 is 0 Å². The van der Waals surface area contributed by atoms with E-state index in [0.717, 1.165) is 6.54 Å². The first kappa shape index (κ1) is 12.6. The highest BCUT2D eigenvalue weighted by atomic mass is 15.2. The van der Waals surface area contributed by atoms with Crippen molar-refractivity contribution in [2.75, 3.05) is 33.2 Å². The molecule has 2 rings (SSSR count). The second-order valence-corrected chi connectivity index (χ2v) is 5.15. The molecule has 2 nitrogen and oxygen atoms in total. The van der Waals surface area contributed by atoms with Gasteiger partial charge in [-0.25, -0.2) is 0 Å². The summed E-state index contributed by atoms with van der Waals surface area (Å²) in [5, 5.41) is 0. The summed E-state index contributed by atoms with van der Waals surface area (Å²) in [7, 11) is 2.21. The van der Waals surface area contributed by atoms with E-state index in [9.17, 15) is 0 Å². The van der Waals surface area contributed by atoms with Gasteiger partial charge in [0, 0.05) is 32.7 Å². The minimum atomic E-state index is 1.12. The second-order valence-electron chi connectivity index (χ2n) is 5.15. The number of hydrogen-bond donors (Lipinski definition) is 0. The summed E-state index contributed by atoms with van der Waals surface area (Å²) in [5.74, 6) is 0. The maximum Gasteiger partial charge on any atom is 0.0234 e. The first-order valence-electron chi connectivity index (χ1n) is 6.76. The molecule has 0 saturated carbocycles. The Morgan fingerprint density at radius 2 is 1.76 bits per heavy atom. The third kappa shape index (κ3) is 3.83. The van der Waals surface area contributed by atoms with Crippen molar-refractivity contribution in [3.05, 3.63) is 35.4 Å². The predicted molar refractivity (Wildman–Crippen MR) is 73.2 cm³/mol. The molecule has 0 radical (unpaired) electrons. The van der Waals surface area contributed by atoms with E-state index in [2.05, 4.69) is 48.0 Å². The van der Waals surface area contributed by atoms with Crippen LogP contribution in [0.25, 0.3) is 0 Å². The van der Waals surface area contributed by atoms with Crippen LogP contribution in [0.1, 0.15) is 24.5 Å². The Kier molecular flexibility index (Phi) is 4.57. The zero-order valence-electron chi connectivity index (χ0n) is 11.2. The Hall–Kier alpha value is -0.860. The minimum Gasteiger partial charge on any atom is -0.304 e. The third-order valence-corrected chi connectivity index (χ3v) is 3.53. The monoisotopic (exact) mass is 232 g/mol. The van der Waals surface area contributed by atoms with E-state index in [4.69, 9.17) is 0 Å². The molecule has 0 aromatic heterocycles. The Morgan fingerprint density at radius 3 is 2.47 bits per heavy atom. The first-order chi connectivity index (χ1) is 8.28. The average molecular weight is 232 g/mol. The van der Waals surface area contributed by atoms with Crippen molar-refractivity contribution in [2.45, 2.75) is 26.3 Å². The zero-order valence-corrected chi connectivity index (χ0v) is 11.2. The highest BCUT2D eigenvalue weighted by Gasteiger charge is 2.13. The Labute approximate surface area is 105 Å². The van der Waals surface area contributed by atoms with E-state index in [1.807, 2.05) is 0 Å². The maximum atomic E-state index is 2.56. The molecule has 0 aliphatic carbocycles. The molecule has 0 N–H and O–H groups in total. The number of nitrogens with zero attached hydrogens (tertiary/aromatic N) is 2. The van der Waals surface area contributed by atoms with Crippen molar-refractivity contribution in [2.24, 2.45) is 0 Å². The van der Waals surface area contributed by atoms with Crippen LogP contribution in [-0.2, 0) is 13.0 Å². The molecule has 94 valence electrons. The molecule has 0 bridgehead atoms. The molecule has 1 aliphatic heterocycles. The summed E-state index contributed by atoms with van der Waals surface area (Å²) < 4.78 is 0. The number of hydrogen-bond acceptors (Lipinski definition) is 2. The van der Waals surface area contributed by atoms with Gasteiger partial charge in [-0.1, -0.05) is 37.6 Å². The van der Waals surface area contributed by atoms with Crippen LogP contribution in [0.2, 0.25) is 0 Å². The van der Waals surface area contributed by atoms with E-state index in [-0.39, 0.29) is 0 Å². The number of benzene rings is 1. The third-order valence-electron chi connectivity index (χ3n) is 3.53. The van der Waals surface area contributed by atoms with Gasteiger partial charge in [-0.15, -0.1) is 0 Å². The van der Waals surface area contributed by atoms with Crippen LogP contribution in [0.3, 0.4) is 0 Å². The topological polar surface area (TPSA) is 6.48 Å². The summed E-state index contributed by atoms with van der Waals surface area (Å²) in [6.45, 7) is 8.17. The van der Waals surface area contributed by atoms with Gasteiger partial charge in [0.05, 0.1) is 0 Å². The van der Waals surface area contributed by atoms with Gasteiger partial charge < -0.3 is 4.90 Å². The van der Waals surface area contributed by atoms with Crippen LogP contribution in [0.15, 0.2) is 24.3 Å². The van der Waals surface area contributed by atoms with Crippen LogP contribution in [0, 0.1) is 0 Å². The standard InChI is InChI=1S/C15H24N2/c1-3-5-14-6-4-7-15(12-14)13-17-10-8-16(2)9-11-17/h4,6-7,12H,3,5,8-11,13H2,1-2H3. The fourth-order valence-electron chi connectivity index (χ4n) is 2.44. The summed E-state index contributed by atoms with van der Waals surface area (Å²) in [6.07, 6.45) is 2.44. The smallest absolute Gasteiger partial charge is 0.0234 e. The molecule has 1 aromatic carbocycles. The molecule has 1 fully saturated rings. The summed E-state index contributed by atoms with van der Waals surface area (Å²) in [5.41, 5.74) is 2.96. The molecule has 0 amide bonds. The molecule has 1 saturated heterocycles. The zero-order chi connectivity index (χ0) is 12.1. The Bertz CT molecular complexity index is 341. The van der Waals surface area contributed by atoms with E-state index < -0.39 is 0 Å². The van der Waals surface area contributed by atoms with Crippen LogP contribution >= 0.6 is 0 Å². The molecule has 1 aromatic rings. The summed E-state index contributed by atoms with van der Waals surface area (Å²) in [6, 6.07) is 9.09. The number of aryl methyl sites for hydroxylation is 1. The second kappa shape index (κ2) is 6.18. The normalized spacial score (nSPS) is 18.5. The van der Waals surface area contributed by atoms with Gasteiger partial charge in [-0.3, -0.25) is 4.90 Å². The SMILES string of the molecule is CCCc1cccc(CN2CCN(C)CC2)c1. The van der Waals surface area contributed by atoms with Crippen molar-refractivity contribution in [1.82, 2.24) is 9.80 Å². The lowest BCUT2D eigenvalue weighted by Crippen LogP contribution is -2.43.